The van der Waals surface area contributed by atoms with E-state index in [2.05, 4.69) is 20.9 Å². The van der Waals surface area contributed by atoms with Crippen LogP contribution in [0.5, 0.6) is 0 Å². The second-order valence-corrected chi connectivity index (χ2v) is 6.17. The summed E-state index contributed by atoms with van der Waals surface area (Å²) in [4.78, 5) is 29.5. The molecule has 1 aromatic heterocycles. The molecule has 20 heavy (non-hydrogen) atoms. The first kappa shape index (κ1) is 15.3. The van der Waals surface area contributed by atoms with Crippen molar-refractivity contribution in [3.8, 4) is 0 Å². The van der Waals surface area contributed by atoms with Crippen LogP contribution in [0, 0.1) is 6.92 Å². The normalized spacial score (nSPS) is 16.1. The molecule has 1 fully saturated rings. The van der Waals surface area contributed by atoms with E-state index in [9.17, 15) is 9.59 Å². The summed E-state index contributed by atoms with van der Waals surface area (Å²) in [7, 11) is 0. The highest BCUT2D eigenvalue weighted by molar-refractivity contribution is 9.09. The number of hydrogen-bond donors (Lipinski definition) is 1. The summed E-state index contributed by atoms with van der Waals surface area (Å²) in [6, 6.07) is 1.76. The molecule has 1 heterocycles. The van der Waals surface area contributed by atoms with Crippen molar-refractivity contribution in [2.24, 2.45) is 0 Å². The number of rotatable bonds is 4. The van der Waals surface area contributed by atoms with Gasteiger partial charge in [0.15, 0.2) is 5.43 Å². The summed E-state index contributed by atoms with van der Waals surface area (Å²) >= 11 is 3.41. The predicted octanol–water partition coefficient (Wildman–Crippen LogP) is 2.85. The number of carbonyl (C=O) groups excluding carboxylic acids is 1. The molecule has 1 aliphatic carbocycles. The Morgan fingerprint density at radius 3 is 2.70 bits per heavy atom. The quantitative estimate of drug-likeness (QED) is 0.857. The second kappa shape index (κ2) is 7.07. The molecule has 0 spiro atoms. The van der Waals surface area contributed by atoms with Crippen molar-refractivity contribution >= 4 is 21.8 Å². The van der Waals surface area contributed by atoms with E-state index in [0.717, 1.165) is 23.9 Å². The van der Waals surface area contributed by atoms with Gasteiger partial charge in [0.2, 0.25) is 0 Å². The van der Waals surface area contributed by atoms with Crippen LogP contribution < -0.4 is 5.43 Å². The molecule has 110 valence electrons. The fraction of sp³-hybridized carbons (Fsp3) is 0.600. The minimum atomic E-state index is -0.193. The third-order valence-electron chi connectivity index (χ3n) is 3.89. The number of aromatic amines is 1. The number of carbonyl (C=O) groups is 1. The minimum absolute atomic E-state index is 0.141. The van der Waals surface area contributed by atoms with Gasteiger partial charge in [-0.15, -0.1) is 0 Å². The van der Waals surface area contributed by atoms with E-state index in [1.807, 2.05) is 11.8 Å². The van der Waals surface area contributed by atoms with Crippen LogP contribution in [0.15, 0.2) is 17.1 Å². The summed E-state index contributed by atoms with van der Waals surface area (Å²) in [6.07, 6.45) is 7.22. The number of alkyl halides is 1. The first-order valence-corrected chi connectivity index (χ1v) is 8.32. The summed E-state index contributed by atoms with van der Waals surface area (Å²) in [5.41, 5.74) is 0.833. The predicted molar refractivity (Wildman–Crippen MR) is 83.5 cm³/mol. The van der Waals surface area contributed by atoms with Crippen molar-refractivity contribution in [1.82, 2.24) is 9.88 Å². The van der Waals surface area contributed by atoms with Gasteiger partial charge in [0.05, 0.1) is 0 Å². The fourth-order valence-electron chi connectivity index (χ4n) is 2.83. The zero-order chi connectivity index (χ0) is 14.5. The van der Waals surface area contributed by atoms with E-state index in [1.165, 1.54) is 25.3 Å². The lowest BCUT2D eigenvalue weighted by molar-refractivity contribution is 0.0649. The maximum absolute atomic E-state index is 12.7. The average molecular weight is 341 g/mol. The topological polar surface area (TPSA) is 53.2 Å². The number of nitrogens with zero attached hydrogens (tertiary/aromatic N) is 1. The van der Waals surface area contributed by atoms with Gasteiger partial charge in [-0.05, 0) is 19.8 Å². The Morgan fingerprint density at radius 1 is 1.40 bits per heavy atom. The third-order valence-corrected chi connectivity index (χ3v) is 4.24. The van der Waals surface area contributed by atoms with Gasteiger partial charge in [0, 0.05) is 35.9 Å². The lowest BCUT2D eigenvalue weighted by Crippen LogP contribution is -2.44. The van der Waals surface area contributed by atoms with E-state index in [4.69, 9.17) is 0 Å². The van der Waals surface area contributed by atoms with Gasteiger partial charge in [-0.2, -0.15) is 0 Å². The Labute approximate surface area is 127 Å². The molecular formula is C15H21BrN2O2. The molecule has 1 saturated carbocycles. The molecule has 2 rings (SSSR count). The number of nitrogens with one attached hydrogen (secondary N) is 1. The first-order chi connectivity index (χ1) is 9.63. The van der Waals surface area contributed by atoms with Crippen molar-refractivity contribution in [1.29, 1.82) is 0 Å². The summed E-state index contributed by atoms with van der Waals surface area (Å²) < 4.78 is 0. The van der Waals surface area contributed by atoms with E-state index >= 15 is 0 Å². The number of halogens is 1. The summed E-state index contributed by atoms with van der Waals surface area (Å²) in [5.74, 6) is -0.141. The highest BCUT2D eigenvalue weighted by Gasteiger charge is 2.27. The van der Waals surface area contributed by atoms with Crippen LogP contribution in [0.3, 0.4) is 0 Å². The third kappa shape index (κ3) is 3.51. The van der Waals surface area contributed by atoms with Crippen LogP contribution in [0.2, 0.25) is 0 Å². The van der Waals surface area contributed by atoms with Crippen molar-refractivity contribution < 1.29 is 4.79 Å². The molecule has 0 radical (unpaired) electrons. The van der Waals surface area contributed by atoms with Gasteiger partial charge in [0.1, 0.15) is 5.56 Å². The van der Waals surface area contributed by atoms with Crippen LogP contribution in [-0.4, -0.2) is 33.7 Å². The number of amides is 1. The lowest BCUT2D eigenvalue weighted by Gasteiger charge is -2.34. The van der Waals surface area contributed by atoms with Crippen LogP contribution in [-0.2, 0) is 0 Å². The number of hydrogen-bond acceptors (Lipinski definition) is 2. The van der Waals surface area contributed by atoms with Crippen molar-refractivity contribution in [2.45, 2.75) is 45.1 Å². The van der Waals surface area contributed by atoms with Crippen LogP contribution in [0.1, 0.15) is 48.2 Å². The Morgan fingerprint density at radius 2 is 2.10 bits per heavy atom. The molecule has 0 atom stereocenters. The number of aromatic nitrogens is 1. The summed E-state index contributed by atoms with van der Waals surface area (Å²) in [6.45, 7) is 2.46. The number of pyridine rings is 1. The summed E-state index contributed by atoms with van der Waals surface area (Å²) in [5, 5.41) is 0.735. The molecule has 0 bridgehead atoms. The van der Waals surface area contributed by atoms with Crippen LogP contribution in [0.4, 0.5) is 0 Å². The van der Waals surface area contributed by atoms with Crippen molar-refractivity contribution in [2.75, 3.05) is 11.9 Å². The Hall–Kier alpha value is -1.10. The SMILES string of the molecule is Cc1cc(=O)c(C(=O)N(CCBr)C2CCCCC2)c[nH]1. The standard InChI is InChI=1S/C15H21BrN2O2/c1-11-9-14(19)13(10-17-11)15(20)18(8-7-16)12-5-3-2-4-6-12/h9-10,12H,2-8H2,1H3,(H,17,19). The zero-order valence-corrected chi connectivity index (χ0v) is 13.4. The molecular weight excluding hydrogens is 320 g/mol. The zero-order valence-electron chi connectivity index (χ0n) is 11.8. The molecule has 5 heteroatoms. The van der Waals surface area contributed by atoms with Gasteiger partial charge >= 0.3 is 0 Å². The monoisotopic (exact) mass is 340 g/mol. The van der Waals surface area contributed by atoms with Gasteiger partial charge in [-0.25, -0.2) is 0 Å². The molecule has 1 N–H and O–H groups in total. The first-order valence-electron chi connectivity index (χ1n) is 7.19. The van der Waals surface area contributed by atoms with E-state index in [1.54, 1.807) is 6.20 Å². The van der Waals surface area contributed by atoms with Crippen LogP contribution >= 0.6 is 15.9 Å². The Balaban J connectivity index is 2.23. The fourth-order valence-corrected chi connectivity index (χ4v) is 3.21. The molecule has 0 aliphatic heterocycles. The van der Waals surface area contributed by atoms with Crippen LogP contribution in [0.25, 0.3) is 0 Å². The lowest BCUT2D eigenvalue weighted by atomic mass is 9.94. The van der Waals surface area contributed by atoms with E-state index in [0.29, 0.717) is 6.54 Å². The van der Waals surface area contributed by atoms with Gasteiger partial charge in [-0.1, -0.05) is 35.2 Å². The van der Waals surface area contributed by atoms with Crippen molar-refractivity contribution in [3.63, 3.8) is 0 Å². The van der Waals surface area contributed by atoms with Crippen molar-refractivity contribution in [3.05, 3.63) is 33.7 Å². The molecule has 1 amide bonds. The Bertz CT molecular complexity index is 521. The molecule has 0 unspecified atom stereocenters. The smallest absolute Gasteiger partial charge is 0.259 e. The highest BCUT2D eigenvalue weighted by Crippen LogP contribution is 2.23. The maximum Gasteiger partial charge on any atom is 0.259 e. The van der Waals surface area contributed by atoms with Gasteiger partial charge < -0.3 is 9.88 Å². The molecule has 1 aliphatic rings. The van der Waals surface area contributed by atoms with Gasteiger partial charge in [-0.3, -0.25) is 9.59 Å². The largest absolute Gasteiger partial charge is 0.364 e. The van der Waals surface area contributed by atoms with E-state index in [-0.39, 0.29) is 22.9 Å². The Kier molecular flexibility index (Phi) is 5.40. The number of aryl methyl sites for hydroxylation is 1. The minimum Gasteiger partial charge on any atom is -0.364 e. The molecule has 0 aromatic carbocycles. The molecule has 0 saturated heterocycles. The molecule has 4 nitrogen and oxygen atoms in total. The van der Waals surface area contributed by atoms with Gasteiger partial charge in [0.25, 0.3) is 5.91 Å². The van der Waals surface area contributed by atoms with E-state index < -0.39 is 0 Å². The molecule has 1 aromatic rings. The average Bonchev–Trinajstić information content (AvgIpc) is 2.45. The second-order valence-electron chi connectivity index (χ2n) is 5.37. The maximum atomic E-state index is 12.7. The highest BCUT2D eigenvalue weighted by atomic mass is 79.9. The number of H-pyrrole nitrogens is 1.